The predicted molar refractivity (Wildman–Crippen MR) is 121 cm³/mol. The van der Waals surface area contributed by atoms with Crippen molar-refractivity contribution in [2.45, 2.75) is 65.5 Å². The summed E-state index contributed by atoms with van der Waals surface area (Å²) in [5, 5.41) is 3.11. The van der Waals surface area contributed by atoms with E-state index in [9.17, 15) is 9.18 Å². The van der Waals surface area contributed by atoms with Crippen LogP contribution < -0.4 is 5.32 Å². The van der Waals surface area contributed by atoms with Gasteiger partial charge < -0.3 is 10.2 Å². The first kappa shape index (κ1) is 22.1. The molecule has 0 aliphatic carbocycles. The van der Waals surface area contributed by atoms with E-state index in [0.717, 1.165) is 48.2 Å². The third kappa shape index (κ3) is 4.92. The molecule has 160 valence electrons. The molecular weight excluding hydrogens is 375 g/mol. The van der Waals surface area contributed by atoms with Crippen LogP contribution in [-0.2, 0) is 17.6 Å². The highest BCUT2D eigenvalue weighted by Crippen LogP contribution is 2.40. The molecule has 1 unspecified atom stereocenters. The zero-order valence-electron chi connectivity index (χ0n) is 18.5. The van der Waals surface area contributed by atoms with Crippen molar-refractivity contribution in [1.29, 1.82) is 0 Å². The molecular formula is C26H33FN2O. The molecule has 2 atom stereocenters. The summed E-state index contributed by atoms with van der Waals surface area (Å²) >= 11 is 0. The van der Waals surface area contributed by atoms with Gasteiger partial charge >= 0.3 is 0 Å². The summed E-state index contributed by atoms with van der Waals surface area (Å²) in [7, 11) is 0. The fraction of sp³-hybridized carbons (Fsp3) is 0.423. The van der Waals surface area contributed by atoms with Gasteiger partial charge in [0.1, 0.15) is 5.82 Å². The Kier molecular flexibility index (Phi) is 7.30. The Hall–Kier alpha value is -2.62. The normalized spacial score (nSPS) is 17.4. The molecule has 0 saturated heterocycles. The zero-order valence-corrected chi connectivity index (χ0v) is 18.5. The number of hydrogen-bond acceptors (Lipinski definition) is 2. The number of nitrogens with zero attached hydrogens (tertiary/aromatic N) is 1. The summed E-state index contributed by atoms with van der Waals surface area (Å²) < 4.78 is 14.2. The lowest BCUT2D eigenvalue weighted by Crippen LogP contribution is -2.33. The SMILES string of the molecule is CCc1ccc(F)cc1C1CC(C(=O)N[C@@H](C)CC)=C(C)N1CCc1ccccc1. The van der Waals surface area contributed by atoms with Crippen LogP contribution in [0.3, 0.4) is 0 Å². The highest BCUT2D eigenvalue weighted by molar-refractivity contribution is 5.95. The predicted octanol–water partition coefficient (Wildman–Crippen LogP) is 5.57. The van der Waals surface area contributed by atoms with Crippen molar-refractivity contribution < 1.29 is 9.18 Å². The Balaban J connectivity index is 1.92. The number of hydrogen-bond donors (Lipinski definition) is 1. The summed E-state index contributed by atoms with van der Waals surface area (Å²) in [5.41, 5.74) is 5.22. The maximum absolute atomic E-state index is 14.2. The van der Waals surface area contributed by atoms with Gasteiger partial charge in [0.15, 0.2) is 0 Å². The molecule has 0 aromatic heterocycles. The first-order valence-electron chi connectivity index (χ1n) is 11.0. The Morgan fingerprint density at radius 1 is 1.20 bits per heavy atom. The van der Waals surface area contributed by atoms with Crippen molar-refractivity contribution in [3.8, 4) is 0 Å². The van der Waals surface area contributed by atoms with E-state index in [1.54, 1.807) is 6.07 Å². The third-order valence-corrected chi connectivity index (χ3v) is 6.24. The van der Waals surface area contributed by atoms with E-state index in [0.29, 0.717) is 6.42 Å². The summed E-state index contributed by atoms with van der Waals surface area (Å²) in [5.74, 6) is -0.219. The summed E-state index contributed by atoms with van der Waals surface area (Å²) in [6.07, 6.45) is 3.22. The molecule has 1 N–H and O–H groups in total. The summed E-state index contributed by atoms with van der Waals surface area (Å²) in [4.78, 5) is 15.3. The molecule has 3 nitrogen and oxygen atoms in total. The Morgan fingerprint density at radius 3 is 2.60 bits per heavy atom. The molecule has 30 heavy (non-hydrogen) atoms. The van der Waals surface area contributed by atoms with Gasteiger partial charge in [0.25, 0.3) is 0 Å². The van der Waals surface area contributed by atoms with Crippen LogP contribution in [0.1, 0.15) is 63.3 Å². The van der Waals surface area contributed by atoms with Crippen LogP contribution >= 0.6 is 0 Å². The zero-order chi connectivity index (χ0) is 21.7. The molecule has 2 aromatic carbocycles. The van der Waals surface area contributed by atoms with Crippen molar-refractivity contribution in [2.24, 2.45) is 0 Å². The molecule has 0 radical (unpaired) electrons. The first-order valence-corrected chi connectivity index (χ1v) is 11.0. The number of halogens is 1. The largest absolute Gasteiger partial charge is 0.367 e. The second kappa shape index (κ2) is 9.92. The van der Waals surface area contributed by atoms with E-state index < -0.39 is 0 Å². The van der Waals surface area contributed by atoms with Crippen LogP contribution in [0.2, 0.25) is 0 Å². The first-order chi connectivity index (χ1) is 14.4. The third-order valence-electron chi connectivity index (χ3n) is 6.24. The number of aryl methyl sites for hydroxylation is 1. The van der Waals surface area contributed by atoms with E-state index in [1.165, 1.54) is 11.6 Å². The molecule has 1 aliphatic rings. The fourth-order valence-electron chi connectivity index (χ4n) is 4.22. The van der Waals surface area contributed by atoms with E-state index in [4.69, 9.17) is 0 Å². The molecule has 1 amide bonds. The fourth-order valence-corrected chi connectivity index (χ4v) is 4.22. The Bertz CT molecular complexity index is 907. The molecule has 0 spiro atoms. The smallest absolute Gasteiger partial charge is 0.249 e. The maximum atomic E-state index is 14.2. The van der Waals surface area contributed by atoms with Gasteiger partial charge in [-0.3, -0.25) is 4.79 Å². The number of nitrogens with one attached hydrogen (secondary N) is 1. The number of carbonyl (C=O) groups is 1. The van der Waals surface area contributed by atoms with Gasteiger partial charge in [-0.05, 0) is 61.9 Å². The quantitative estimate of drug-likeness (QED) is 0.620. The van der Waals surface area contributed by atoms with Crippen molar-refractivity contribution in [2.75, 3.05) is 6.54 Å². The molecule has 0 fully saturated rings. The standard InChI is InChI=1S/C26H33FN2O/c1-5-18(3)28-26(30)23-17-25(24-16-22(27)13-12-21(24)6-2)29(19(23)4)15-14-20-10-8-7-9-11-20/h7-13,16,18,25H,5-6,14-15,17H2,1-4H3,(H,28,30)/t18-,25?/m0/s1. The van der Waals surface area contributed by atoms with E-state index >= 15 is 0 Å². The van der Waals surface area contributed by atoms with Gasteiger partial charge in [-0.15, -0.1) is 0 Å². The Morgan fingerprint density at radius 2 is 1.93 bits per heavy atom. The number of rotatable bonds is 8. The number of allylic oxidation sites excluding steroid dienone is 1. The van der Waals surface area contributed by atoms with Gasteiger partial charge in [-0.1, -0.05) is 50.2 Å². The molecule has 2 aromatic rings. The molecule has 3 rings (SSSR count). The highest BCUT2D eigenvalue weighted by atomic mass is 19.1. The van der Waals surface area contributed by atoms with Crippen LogP contribution in [0, 0.1) is 5.82 Å². The number of carbonyl (C=O) groups excluding carboxylic acids is 1. The van der Waals surface area contributed by atoms with Crippen molar-refractivity contribution in [3.05, 3.63) is 82.3 Å². The van der Waals surface area contributed by atoms with E-state index in [2.05, 4.69) is 36.2 Å². The van der Waals surface area contributed by atoms with Crippen LogP contribution in [0.4, 0.5) is 4.39 Å². The van der Waals surface area contributed by atoms with Gasteiger partial charge in [-0.2, -0.15) is 0 Å². The van der Waals surface area contributed by atoms with E-state index in [1.807, 2.05) is 38.1 Å². The van der Waals surface area contributed by atoms with Crippen molar-refractivity contribution in [3.63, 3.8) is 0 Å². The number of amides is 1. The summed E-state index contributed by atoms with van der Waals surface area (Å²) in [6.45, 7) is 9.00. The molecule has 1 aliphatic heterocycles. The van der Waals surface area contributed by atoms with Crippen molar-refractivity contribution >= 4 is 5.91 Å². The number of benzene rings is 2. The monoisotopic (exact) mass is 408 g/mol. The van der Waals surface area contributed by atoms with Crippen LogP contribution in [0.5, 0.6) is 0 Å². The topological polar surface area (TPSA) is 32.3 Å². The lowest BCUT2D eigenvalue weighted by molar-refractivity contribution is -0.118. The van der Waals surface area contributed by atoms with Gasteiger partial charge in [0, 0.05) is 30.3 Å². The molecule has 0 bridgehead atoms. The van der Waals surface area contributed by atoms with Gasteiger partial charge in [-0.25, -0.2) is 4.39 Å². The van der Waals surface area contributed by atoms with Gasteiger partial charge in [0.05, 0.1) is 6.04 Å². The maximum Gasteiger partial charge on any atom is 0.249 e. The lowest BCUT2D eigenvalue weighted by atomic mass is 9.94. The summed E-state index contributed by atoms with van der Waals surface area (Å²) in [6, 6.07) is 15.5. The molecule has 4 heteroatoms. The minimum absolute atomic E-state index is 0.00325. The van der Waals surface area contributed by atoms with Gasteiger partial charge in [0.2, 0.25) is 5.91 Å². The second-order valence-corrected chi connectivity index (χ2v) is 8.19. The van der Waals surface area contributed by atoms with E-state index in [-0.39, 0.29) is 23.8 Å². The van der Waals surface area contributed by atoms with Crippen LogP contribution in [0.15, 0.2) is 59.8 Å². The Labute approximate surface area is 180 Å². The van der Waals surface area contributed by atoms with Crippen LogP contribution in [0.25, 0.3) is 0 Å². The average molecular weight is 409 g/mol. The average Bonchev–Trinajstić information content (AvgIpc) is 3.09. The second-order valence-electron chi connectivity index (χ2n) is 8.19. The highest BCUT2D eigenvalue weighted by Gasteiger charge is 2.34. The minimum Gasteiger partial charge on any atom is -0.367 e. The minimum atomic E-state index is -0.222. The van der Waals surface area contributed by atoms with Crippen LogP contribution in [-0.4, -0.2) is 23.4 Å². The van der Waals surface area contributed by atoms with Crippen molar-refractivity contribution in [1.82, 2.24) is 10.2 Å². The lowest BCUT2D eigenvalue weighted by Gasteiger charge is -2.30. The molecule has 0 saturated carbocycles. The molecule has 1 heterocycles.